The Kier molecular flexibility index (Phi) is 5.14. The molecule has 0 aromatic rings. The van der Waals surface area contributed by atoms with Gasteiger partial charge in [-0.1, -0.05) is 23.8 Å². The third kappa shape index (κ3) is 4.56. The van der Waals surface area contributed by atoms with Gasteiger partial charge < -0.3 is 5.11 Å². The summed E-state index contributed by atoms with van der Waals surface area (Å²) in [5.74, 6) is 0.309. The lowest BCUT2D eigenvalue weighted by atomic mass is 9.77. The predicted molar refractivity (Wildman–Crippen MR) is 73.3 cm³/mol. The SMILES string of the molecule is CC1=CCC([C@@](C)(O)C/C=C/C(C)(C)OO)CC1. The van der Waals surface area contributed by atoms with Crippen molar-refractivity contribution in [2.75, 3.05) is 0 Å². The maximum absolute atomic E-state index is 10.5. The van der Waals surface area contributed by atoms with Crippen molar-refractivity contribution < 1.29 is 15.3 Å². The Morgan fingerprint density at radius 1 is 1.44 bits per heavy atom. The number of allylic oxidation sites excluding steroid dienone is 2. The van der Waals surface area contributed by atoms with E-state index in [9.17, 15) is 5.11 Å². The molecule has 0 amide bonds. The maximum atomic E-state index is 10.5. The Bertz CT molecular complexity index is 327. The van der Waals surface area contributed by atoms with E-state index in [1.165, 1.54) is 5.57 Å². The Labute approximate surface area is 110 Å². The van der Waals surface area contributed by atoms with Crippen LogP contribution < -0.4 is 0 Å². The zero-order chi connectivity index (χ0) is 13.8. The highest BCUT2D eigenvalue weighted by Crippen LogP contribution is 2.34. The van der Waals surface area contributed by atoms with Gasteiger partial charge in [-0.25, -0.2) is 4.89 Å². The molecule has 2 N–H and O–H groups in total. The fraction of sp³-hybridized carbons (Fsp3) is 0.733. The topological polar surface area (TPSA) is 49.7 Å². The van der Waals surface area contributed by atoms with Crippen LogP contribution in [0.4, 0.5) is 0 Å². The quantitative estimate of drug-likeness (QED) is 0.447. The van der Waals surface area contributed by atoms with Gasteiger partial charge in [0.2, 0.25) is 0 Å². The molecule has 0 radical (unpaired) electrons. The summed E-state index contributed by atoms with van der Waals surface area (Å²) in [7, 11) is 0. The summed E-state index contributed by atoms with van der Waals surface area (Å²) in [4.78, 5) is 4.33. The standard InChI is InChI=1S/C15H26O3/c1-12-6-8-13(9-7-12)15(4,16)11-5-10-14(2,3)18-17/h5-6,10,13,16-17H,7-9,11H2,1-4H3/b10-5+/t13?,15-/m0/s1. The van der Waals surface area contributed by atoms with Crippen molar-refractivity contribution in [1.29, 1.82) is 0 Å². The average molecular weight is 254 g/mol. The number of aliphatic hydroxyl groups is 1. The van der Waals surface area contributed by atoms with Crippen molar-refractivity contribution in [1.82, 2.24) is 0 Å². The smallest absolute Gasteiger partial charge is 0.116 e. The molecule has 3 heteroatoms. The average Bonchev–Trinajstić information content (AvgIpc) is 2.29. The van der Waals surface area contributed by atoms with Crippen LogP contribution in [-0.4, -0.2) is 21.6 Å². The van der Waals surface area contributed by atoms with E-state index in [1.807, 2.05) is 13.0 Å². The summed E-state index contributed by atoms with van der Waals surface area (Å²) >= 11 is 0. The van der Waals surface area contributed by atoms with Gasteiger partial charge in [0.25, 0.3) is 0 Å². The molecule has 1 aliphatic rings. The molecule has 1 aliphatic carbocycles. The fourth-order valence-electron chi connectivity index (χ4n) is 2.31. The van der Waals surface area contributed by atoms with Crippen LogP contribution in [0, 0.1) is 5.92 Å². The van der Waals surface area contributed by atoms with Crippen LogP contribution in [0.5, 0.6) is 0 Å². The highest BCUT2D eigenvalue weighted by atomic mass is 17.1. The molecule has 0 heterocycles. The van der Waals surface area contributed by atoms with Gasteiger partial charge in [-0.2, -0.15) is 0 Å². The van der Waals surface area contributed by atoms with Crippen LogP contribution in [0.25, 0.3) is 0 Å². The van der Waals surface area contributed by atoms with Crippen LogP contribution in [0.1, 0.15) is 53.4 Å². The molecule has 0 spiro atoms. The molecule has 0 bridgehead atoms. The zero-order valence-electron chi connectivity index (χ0n) is 11.9. The molecular weight excluding hydrogens is 228 g/mol. The summed E-state index contributed by atoms with van der Waals surface area (Å²) in [5.41, 5.74) is 0.0330. The van der Waals surface area contributed by atoms with Crippen molar-refractivity contribution in [3.05, 3.63) is 23.8 Å². The van der Waals surface area contributed by atoms with E-state index >= 15 is 0 Å². The van der Waals surface area contributed by atoms with E-state index in [4.69, 9.17) is 5.26 Å². The summed E-state index contributed by atoms with van der Waals surface area (Å²) in [6.07, 6.45) is 9.56. The first-order chi connectivity index (χ1) is 8.27. The highest BCUT2D eigenvalue weighted by Gasteiger charge is 2.31. The first-order valence-corrected chi connectivity index (χ1v) is 6.65. The molecule has 0 saturated carbocycles. The lowest BCUT2D eigenvalue weighted by molar-refractivity contribution is -0.297. The van der Waals surface area contributed by atoms with Crippen molar-refractivity contribution in [2.24, 2.45) is 5.92 Å². The van der Waals surface area contributed by atoms with Crippen molar-refractivity contribution in [3.8, 4) is 0 Å². The van der Waals surface area contributed by atoms with Crippen LogP contribution in [0.2, 0.25) is 0 Å². The van der Waals surface area contributed by atoms with Gasteiger partial charge in [0.15, 0.2) is 0 Å². The van der Waals surface area contributed by atoms with Gasteiger partial charge in [0.05, 0.1) is 5.60 Å². The van der Waals surface area contributed by atoms with Gasteiger partial charge in [0, 0.05) is 0 Å². The summed E-state index contributed by atoms with van der Waals surface area (Å²) in [5, 5.41) is 19.2. The summed E-state index contributed by atoms with van der Waals surface area (Å²) in [6.45, 7) is 7.57. The third-order valence-electron chi connectivity index (χ3n) is 3.80. The van der Waals surface area contributed by atoms with Gasteiger partial charge in [0.1, 0.15) is 5.60 Å². The molecule has 1 rings (SSSR count). The largest absolute Gasteiger partial charge is 0.390 e. The molecule has 0 aromatic carbocycles. The lowest BCUT2D eigenvalue weighted by Gasteiger charge is -2.34. The van der Waals surface area contributed by atoms with Crippen LogP contribution in [0.15, 0.2) is 23.8 Å². The van der Waals surface area contributed by atoms with Gasteiger partial charge in [-0.3, -0.25) is 5.26 Å². The normalized spacial score (nSPS) is 25.0. The van der Waals surface area contributed by atoms with Gasteiger partial charge >= 0.3 is 0 Å². The zero-order valence-corrected chi connectivity index (χ0v) is 11.9. The molecule has 0 aliphatic heterocycles. The van der Waals surface area contributed by atoms with Crippen LogP contribution in [0.3, 0.4) is 0 Å². The molecule has 0 fully saturated rings. The van der Waals surface area contributed by atoms with Gasteiger partial charge in [-0.05, 0) is 59.3 Å². The molecule has 0 aromatic heterocycles. The Morgan fingerprint density at radius 2 is 2.11 bits per heavy atom. The molecule has 1 unspecified atom stereocenters. The number of hydrogen-bond donors (Lipinski definition) is 2. The first-order valence-electron chi connectivity index (χ1n) is 6.65. The minimum Gasteiger partial charge on any atom is -0.390 e. The number of hydrogen-bond acceptors (Lipinski definition) is 3. The van der Waals surface area contributed by atoms with Crippen LogP contribution >= 0.6 is 0 Å². The third-order valence-corrected chi connectivity index (χ3v) is 3.80. The molecule has 3 nitrogen and oxygen atoms in total. The van der Waals surface area contributed by atoms with Crippen molar-refractivity contribution in [2.45, 2.75) is 64.6 Å². The molecule has 104 valence electrons. The first kappa shape index (κ1) is 15.4. The molecular formula is C15H26O3. The predicted octanol–water partition coefficient (Wildman–Crippen LogP) is 3.70. The highest BCUT2D eigenvalue weighted by molar-refractivity contribution is 5.07. The molecule has 2 atom stereocenters. The van der Waals surface area contributed by atoms with E-state index in [0.717, 1.165) is 19.3 Å². The van der Waals surface area contributed by atoms with Gasteiger partial charge in [-0.15, -0.1) is 0 Å². The fourth-order valence-corrected chi connectivity index (χ4v) is 2.31. The minimum atomic E-state index is -0.695. The van der Waals surface area contributed by atoms with E-state index < -0.39 is 11.2 Å². The molecule has 18 heavy (non-hydrogen) atoms. The van der Waals surface area contributed by atoms with E-state index in [0.29, 0.717) is 12.3 Å². The monoisotopic (exact) mass is 254 g/mol. The Morgan fingerprint density at radius 3 is 2.61 bits per heavy atom. The Balaban J connectivity index is 2.55. The van der Waals surface area contributed by atoms with Crippen molar-refractivity contribution in [3.63, 3.8) is 0 Å². The maximum Gasteiger partial charge on any atom is 0.116 e. The minimum absolute atomic E-state index is 0.309. The van der Waals surface area contributed by atoms with E-state index in [-0.39, 0.29) is 0 Å². The van der Waals surface area contributed by atoms with Crippen LogP contribution in [-0.2, 0) is 4.89 Å². The summed E-state index contributed by atoms with van der Waals surface area (Å²) < 4.78 is 0. The number of rotatable bonds is 5. The second kappa shape index (κ2) is 6.00. The second-order valence-corrected chi connectivity index (χ2v) is 6.18. The van der Waals surface area contributed by atoms with E-state index in [1.54, 1.807) is 19.9 Å². The summed E-state index contributed by atoms with van der Waals surface area (Å²) in [6, 6.07) is 0. The second-order valence-electron chi connectivity index (χ2n) is 6.18. The Hall–Kier alpha value is -0.640. The molecule has 0 saturated heterocycles. The van der Waals surface area contributed by atoms with E-state index in [2.05, 4.69) is 17.9 Å². The lowest BCUT2D eigenvalue weighted by Crippen LogP contribution is -2.35. The van der Waals surface area contributed by atoms with Crippen molar-refractivity contribution >= 4 is 0 Å².